The first-order valence-corrected chi connectivity index (χ1v) is 11.5. The van der Waals surface area contributed by atoms with Crippen molar-refractivity contribution in [2.24, 2.45) is 0 Å². The Morgan fingerprint density at radius 2 is 1.77 bits per heavy atom. The standard InChI is InChI=1S/C20H22ClN3O5S/c1-30(27,28)22-17-6-2-4-15(12-17)20(26)29-14-19(25)24-10-8-23(9-11-24)18-7-3-5-16(21)13-18/h2-7,12-13,22H,8-11,14H2,1H3. The first-order chi connectivity index (χ1) is 14.2. The zero-order valence-electron chi connectivity index (χ0n) is 16.4. The van der Waals surface area contributed by atoms with Crippen molar-refractivity contribution in [1.29, 1.82) is 0 Å². The molecule has 30 heavy (non-hydrogen) atoms. The normalized spacial score (nSPS) is 14.3. The van der Waals surface area contributed by atoms with Gasteiger partial charge in [-0.3, -0.25) is 9.52 Å². The summed E-state index contributed by atoms with van der Waals surface area (Å²) in [7, 11) is -3.46. The van der Waals surface area contributed by atoms with Gasteiger partial charge in [-0.15, -0.1) is 0 Å². The number of hydrogen-bond donors (Lipinski definition) is 1. The van der Waals surface area contributed by atoms with Crippen molar-refractivity contribution in [1.82, 2.24) is 4.90 Å². The highest BCUT2D eigenvalue weighted by Gasteiger charge is 2.22. The minimum atomic E-state index is -3.46. The molecule has 2 aromatic carbocycles. The second-order valence-electron chi connectivity index (χ2n) is 6.88. The van der Waals surface area contributed by atoms with Gasteiger partial charge in [0.15, 0.2) is 6.61 Å². The monoisotopic (exact) mass is 451 g/mol. The third-order valence-corrected chi connectivity index (χ3v) is 5.38. The quantitative estimate of drug-likeness (QED) is 0.676. The minimum absolute atomic E-state index is 0.155. The molecule has 1 heterocycles. The molecule has 2 aromatic rings. The fourth-order valence-corrected chi connectivity index (χ4v) is 3.85. The van der Waals surface area contributed by atoms with E-state index < -0.39 is 16.0 Å². The first kappa shape index (κ1) is 21.9. The number of carbonyl (C=O) groups is 2. The molecule has 0 atom stereocenters. The Hall–Kier alpha value is -2.78. The highest BCUT2D eigenvalue weighted by atomic mass is 35.5. The Bertz CT molecular complexity index is 1040. The van der Waals surface area contributed by atoms with Crippen LogP contribution in [0.3, 0.4) is 0 Å². The van der Waals surface area contributed by atoms with Gasteiger partial charge >= 0.3 is 5.97 Å². The lowest BCUT2D eigenvalue weighted by molar-refractivity contribution is -0.134. The number of rotatable bonds is 6. The van der Waals surface area contributed by atoms with E-state index in [4.69, 9.17) is 16.3 Å². The number of nitrogens with one attached hydrogen (secondary N) is 1. The Balaban J connectivity index is 1.50. The molecule has 1 aliphatic rings. The van der Waals surface area contributed by atoms with Gasteiger partial charge in [-0.2, -0.15) is 0 Å². The zero-order valence-corrected chi connectivity index (χ0v) is 17.9. The molecule has 0 unspecified atom stereocenters. The Morgan fingerprint density at radius 1 is 1.07 bits per heavy atom. The van der Waals surface area contributed by atoms with Crippen LogP contribution in [0.25, 0.3) is 0 Å². The van der Waals surface area contributed by atoms with Crippen LogP contribution in [0.2, 0.25) is 5.02 Å². The molecule has 1 fully saturated rings. The molecular formula is C20H22ClN3O5S. The van der Waals surface area contributed by atoms with Crippen molar-refractivity contribution in [2.45, 2.75) is 0 Å². The third kappa shape index (κ3) is 6.11. The first-order valence-electron chi connectivity index (χ1n) is 9.24. The molecule has 0 aliphatic carbocycles. The van der Waals surface area contributed by atoms with E-state index in [1.807, 2.05) is 24.3 Å². The van der Waals surface area contributed by atoms with Gasteiger partial charge in [0, 0.05) is 42.6 Å². The molecule has 10 heteroatoms. The number of esters is 1. The number of piperazine rings is 1. The summed E-state index contributed by atoms with van der Waals surface area (Å²) < 4.78 is 30.0. The van der Waals surface area contributed by atoms with E-state index in [9.17, 15) is 18.0 Å². The molecule has 0 radical (unpaired) electrons. The van der Waals surface area contributed by atoms with Gasteiger partial charge < -0.3 is 14.5 Å². The summed E-state index contributed by atoms with van der Waals surface area (Å²) >= 11 is 6.03. The van der Waals surface area contributed by atoms with Crippen LogP contribution in [0.15, 0.2) is 48.5 Å². The van der Waals surface area contributed by atoms with Crippen LogP contribution in [-0.2, 0) is 19.6 Å². The van der Waals surface area contributed by atoms with Crippen molar-refractivity contribution in [2.75, 3.05) is 48.7 Å². The summed E-state index contributed by atoms with van der Waals surface area (Å²) in [5.74, 6) is -0.974. The highest BCUT2D eigenvalue weighted by molar-refractivity contribution is 7.92. The SMILES string of the molecule is CS(=O)(=O)Nc1cccc(C(=O)OCC(=O)N2CCN(c3cccc(Cl)c3)CC2)c1. The number of ether oxygens (including phenoxy) is 1. The largest absolute Gasteiger partial charge is 0.452 e. The maximum atomic E-state index is 12.4. The predicted octanol–water partition coefficient (Wildman–Crippen LogP) is 2.22. The summed E-state index contributed by atoms with van der Waals surface area (Å²) in [5.41, 5.74) is 1.40. The van der Waals surface area contributed by atoms with Gasteiger partial charge in [-0.1, -0.05) is 23.7 Å². The van der Waals surface area contributed by atoms with Crippen LogP contribution in [0.5, 0.6) is 0 Å². The predicted molar refractivity (Wildman–Crippen MR) is 115 cm³/mol. The molecule has 0 aromatic heterocycles. The Labute approximate surface area is 180 Å². The molecule has 1 saturated heterocycles. The molecule has 3 rings (SSSR count). The summed E-state index contributed by atoms with van der Waals surface area (Å²) in [6.45, 7) is 1.95. The van der Waals surface area contributed by atoms with Crippen molar-refractivity contribution >= 4 is 44.9 Å². The van der Waals surface area contributed by atoms with Gasteiger partial charge in [0.25, 0.3) is 5.91 Å². The molecule has 1 N–H and O–H groups in total. The van der Waals surface area contributed by atoms with Crippen molar-refractivity contribution in [3.05, 3.63) is 59.1 Å². The van der Waals surface area contributed by atoms with E-state index in [-0.39, 0.29) is 23.8 Å². The summed E-state index contributed by atoms with van der Waals surface area (Å²) in [5, 5.41) is 0.661. The molecule has 8 nitrogen and oxygen atoms in total. The average molecular weight is 452 g/mol. The van der Waals surface area contributed by atoms with Gasteiger partial charge in [0.2, 0.25) is 10.0 Å². The zero-order chi connectivity index (χ0) is 21.7. The molecule has 0 bridgehead atoms. The molecule has 1 amide bonds. The fraction of sp³-hybridized carbons (Fsp3) is 0.300. The van der Waals surface area contributed by atoms with Gasteiger partial charge in [-0.25, -0.2) is 13.2 Å². The topological polar surface area (TPSA) is 96.0 Å². The summed E-state index contributed by atoms with van der Waals surface area (Å²) in [6.07, 6.45) is 1.02. The fourth-order valence-electron chi connectivity index (χ4n) is 3.11. The third-order valence-electron chi connectivity index (χ3n) is 4.53. The number of anilines is 2. The van der Waals surface area contributed by atoms with Crippen LogP contribution < -0.4 is 9.62 Å². The van der Waals surface area contributed by atoms with Crippen LogP contribution in [0, 0.1) is 0 Å². The number of hydrogen-bond acceptors (Lipinski definition) is 6. The maximum absolute atomic E-state index is 12.4. The van der Waals surface area contributed by atoms with Crippen LogP contribution in [0.1, 0.15) is 10.4 Å². The lowest BCUT2D eigenvalue weighted by Gasteiger charge is -2.36. The van der Waals surface area contributed by atoms with Crippen molar-refractivity contribution in [3.8, 4) is 0 Å². The van der Waals surface area contributed by atoms with Crippen LogP contribution in [0.4, 0.5) is 11.4 Å². The molecule has 0 saturated carbocycles. The number of benzene rings is 2. The van der Waals surface area contributed by atoms with Crippen LogP contribution in [-0.4, -0.2) is 64.2 Å². The number of amides is 1. The van der Waals surface area contributed by atoms with Crippen molar-refractivity contribution in [3.63, 3.8) is 0 Å². The summed E-state index contributed by atoms with van der Waals surface area (Å²) in [6, 6.07) is 13.4. The lowest BCUT2D eigenvalue weighted by atomic mass is 10.2. The highest BCUT2D eigenvalue weighted by Crippen LogP contribution is 2.21. The van der Waals surface area contributed by atoms with Gasteiger partial charge in [0.1, 0.15) is 0 Å². The number of halogens is 1. The molecule has 1 aliphatic heterocycles. The average Bonchev–Trinajstić information content (AvgIpc) is 2.71. The maximum Gasteiger partial charge on any atom is 0.338 e. The number of nitrogens with zero attached hydrogens (tertiary/aromatic N) is 2. The summed E-state index contributed by atoms with van der Waals surface area (Å²) in [4.78, 5) is 28.4. The Kier molecular flexibility index (Phi) is 6.84. The Morgan fingerprint density at radius 3 is 2.43 bits per heavy atom. The van der Waals surface area contributed by atoms with Crippen molar-refractivity contribution < 1.29 is 22.7 Å². The van der Waals surface area contributed by atoms with Gasteiger partial charge in [0.05, 0.1) is 11.8 Å². The van der Waals surface area contributed by atoms with E-state index in [0.717, 1.165) is 11.9 Å². The minimum Gasteiger partial charge on any atom is -0.452 e. The van der Waals surface area contributed by atoms with E-state index in [1.54, 1.807) is 4.90 Å². The second kappa shape index (κ2) is 9.36. The van der Waals surface area contributed by atoms with Gasteiger partial charge in [-0.05, 0) is 36.4 Å². The van der Waals surface area contributed by atoms with E-state index in [2.05, 4.69) is 9.62 Å². The lowest BCUT2D eigenvalue weighted by Crippen LogP contribution is -2.49. The van der Waals surface area contributed by atoms with E-state index in [0.29, 0.717) is 31.2 Å². The van der Waals surface area contributed by atoms with E-state index in [1.165, 1.54) is 24.3 Å². The second-order valence-corrected chi connectivity index (χ2v) is 9.06. The van der Waals surface area contributed by atoms with Crippen LogP contribution >= 0.6 is 11.6 Å². The smallest absolute Gasteiger partial charge is 0.338 e. The molecule has 160 valence electrons. The molecule has 0 spiro atoms. The molecular weight excluding hydrogens is 430 g/mol. The number of carbonyl (C=O) groups excluding carboxylic acids is 2. The van der Waals surface area contributed by atoms with E-state index >= 15 is 0 Å². The number of sulfonamides is 1.